The van der Waals surface area contributed by atoms with E-state index < -0.39 is 0 Å². The van der Waals surface area contributed by atoms with Crippen LogP contribution in [0.5, 0.6) is 0 Å². The van der Waals surface area contributed by atoms with Crippen LogP contribution in [0.1, 0.15) is 25.7 Å². The van der Waals surface area contributed by atoms with Crippen LogP contribution in [-0.2, 0) is 4.79 Å². The zero-order valence-corrected chi connectivity index (χ0v) is 12.4. The Morgan fingerprint density at radius 1 is 1.16 bits per heavy atom. The van der Waals surface area contributed by atoms with E-state index in [2.05, 4.69) is 10.2 Å². The minimum absolute atomic E-state index is 0. The van der Waals surface area contributed by atoms with Gasteiger partial charge in [0, 0.05) is 23.7 Å². The van der Waals surface area contributed by atoms with Crippen molar-refractivity contribution in [3.63, 3.8) is 0 Å². The van der Waals surface area contributed by atoms with Crippen molar-refractivity contribution >= 4 is 23.2 Å². The summed E-state index contributed by atoms with van der Waals surface area (Å²) in [4.78, 5) is 14.1. The molecule has 3 nitrogen and oxygen atoms in total. The number of nitrogens with one attached hydrogen (secondary N) is 1. The summed E-state index contributed by atoms with van der Waals surface area (Å²) in [5, 5.41) is 3.57. The van der Waals surface area contributed by atoms with Crippen LogP contribution in [0.3, 0.4) is 0 Å². The maximum atomic E-state index is 11.8. The van der Waals surface area contributed by atoms with E-state index in [4.69, 9.17) is 11.6 Å². The van der Waals surface area contributed by atoms with E-state index in [9.17, 15) is 4.79 Å². The molecule has 0 unspecified atom stereocenters. The molecule has 0 bridgehead atoms. The highest BCUT2D eigenvalue weighted by Crippen LogP contribution is 2.14. The molecule has 1 N–H and O–H groups in total. The van der Waals surface area contributed by atoms with Gasteiger partial charge in [-0.3, -0.25) is 4.79 Å². The number of carbonyl (C=O) groups excluding carboxylic acids is 1. The third kappa shape index (κ3) is 5.81. The van der Waals surface area contributed by atoms with Crippen molar-refractivity contribution in [2.24, 2.45) is 0 Å². The molecule has 1 fully saturated rings. The predicted octanol–water partition coefficient (Wildman–Crippen LogP) is 0.159. The average Bonchev–Trinajstić information content (AvgIpc) is 2.40. The van der Waals surface area contributed by atoms with Gasteiger partial charge in [0.05, 0.1) is 0 Å². The number of amides is 1. The van der Waals surface area contributed by atoms with Crippen LogP contribution >= 0.6 is 11.6 Å². The molecule has 0 aromatic heterocycles. The highest BCUT2D eigenvalue weighted by Gasteiger charge is 2.11. The molecule has 106 valence electrons. The monoisotopic (exact) mass is 301 g/mol. The second-order valence-electron chi connectivity index (χ2n) is 4.71. The standard InChI is InChI=1S/C14H19ClN2O.ClH/c15-12-4-6-13(7-5-12)16-14(18)8-11-17-9-2-1-3-10-17;/h4-7H,1-3,8-11H2,(H,16,18);1H/p-1. The van der Waals surface area contributed by atoms with E-state index in [1.54, 1.807) is 12.1 Å². The summed E-state index contributed by atoms with van der Waals surface area (Å²) in [6.45, 7) is 3.13. The molecular formula is C14H19Cl2N2O-. The van der Waals surface area contributed by atoms with Crippen molar-refractivity contribution in [3.8, 4) is 0 Å². The van der Waals surface area contributed by atoms with Crippen LogP contribution in [0.2, 0.25) is 5.02 Å². The first-order valence-electron chi connectivity index (χ1n) is 6.52. The Balaban J connectivity index is 0.00000180. The molecule has 1 aromatic carbocycles. The second-order valence-corrected chi connectivity index (χ2v) is 5.14. The number of likely N-dealkylation sites (tertiary alicyclic amines) is 1. The van der Waals surface area contributed by atoms with E-state index in [0.29, 0.717) is 11.4 Å². The van der Waals surface area contributed by atoms with E-state index in [0.717, 1.165) is 25.3 Å². The van der Waals surface area contributed by atoms with Crippen molar-refractivity contribution < 1.29 is 17.2 Å². The van der Waals surface area contributed by atoms with Crippen molar-refractivity contribution in [3.05, 3.63) is 29.3 Å². The summed E-state index contributed by atoms with van der Waals surface area (Å²) >= 11 is 5.79. The molecule has 0 radical (unpaired) electrons. The van der Waals surface area contributed by atoms with E-state index in [1.165, 1.54) is 19.3 Å². The van der Waals surface area contributed by atoms with Gasteiger partial charge in [-0.25, -0.2) is 0 Å². The van der Waals surface area contributed by atoms with Gasteiger partial charge in [0.1, 0.15) is 0 Å². The fourth-order valence-corrected chi connectivity index (χ4v) is 2.33. The van der Waals surface area contributed by atoms with E-state index in [-0.39, 0.29) is 18.3 Å². The van der Waals surface area contributed by atoms with E-state index >= 15 is 0 Å². The van der Waals surface area contributed by atoms with Crippen LogP contribution in [0.4, 0.5) is 5.69 Å². The smallest absolute Gasteiger partial charge is 0.225 e. The Kier molecular flexibility index (Phi) is 7.21. The lowest BCUT2D eigenvalue weighted by molar-refractivity contribution is -0.116. The third-order valence-corrected chi connectivity index (χ3v) is 3.48. The molecular weight excluding hydrogens is 283 g/mol. The maximum Gasteiger partial charge on any atom is 0.225 e. The largest absolute Gasteiger partial charge is 1.00 e. The van der Waals surface area contributed by atoms with Gasteiger partial charge in [-0.15, -0.1) is 0 Å². The predicted molar refractivity (Wildman–Crippen MR) is 75.0 cm³/mol. The first-order chi connectivity index (χ1) is 8.74. The molecule has 0 spiro atoms. The number of hydrogen-bond donors (Lipinski definition) is 1. The first-order valence-corrected chi connectivity index (χ1v) is 6.89. The molecule has 1 amide bonds. The van der Waals surface area contributed by atoms with Gasteiger partial charge in [-0.2, -0.15) is 0 Å². The second kappa shape index (κ2) is 8.41. The van der Waals surface area contributed by atoms with Gasteiger partial charge in [0.2, 0.25) is 5.91 Å². The van der Waals surface area contributed by atoms with Crippen molar-refractivity contribution in [1.82, 2.24) is 4.90 Å². The number of benzene rings is 1. The summed E-state index contributed by atoms with van der Waals surface area (Å²) in [7, 11) is 0. The zero-order valence-electron chi connectivity index (χ0n) is 10.9. The minimum atomic E-state index is 0. The Morgan fingerprint density at radius 3 is 2.42 bits per heavy atom. The van der Waals surface area contributed by atoms with Crippen LogP contribution in [-0.4, -0.2) is 30.4 Å². The summed E-state index contributed by atoms with van der Waals surface area (Å²) in [6.07, 6.45) is 4.41. The van der Waals surface area contributed by atoms with Crippen molar-refractivity contribution in [2.75, 3.05) is 25.0 Å². The normalized spacial score (nSPS) is 15.6. The molecule has 1 aliphatic heterocycles. The molecule has 5 heteroatoms. The Bertz CT molecular complexity index is 389. The zero-order chi connectivity index (χ0) is 12.8. The van der Waals surface area contributed by atoms with Crippen molar-refractivity contribution in [2.45, 2.75) is 25.7 Å². The van der Waals surface area contributed by atoms with Gasteiger partial charge in [0.15, 0.2) is 0 Å². The molecule has 1 aliphatic rings. The minimum Gasteiger partial charge on any atom is -1.00 e. The highest BCUT2D eigenvalue weighted by atomic mass is 35.5. The lowest BCUT2D eigenvalue weighted by Gasteiger charge is -2.25. The number of rotatable bonds is 4. The van der Waals surface area contributed by atoms with Gasteiger partial charge in [-0.05, 0) is 50.2 Å². The highest BCUT2D eigenvalue weighted by molar-refractivity contribution is 6.30. The Hall–Kier alpha value is -0.770. The lowest BCUT2D eigenvalue weighted by Crippen LogP contribution is -3.00. The average molecular weight is 302 g/mol. The Morgan fingerprint density at radius 2 is 1.79 bits per heavy atom. The summed E-state index contributed by atoms with van der Waals surface area (Å²) in [6, 6.07) is 7.20. The molecule has 2 rings (SSSR count). The van der Waals surface area contributed by atoms with Crippen LogP contribution in [0.15, 0.2) is 24.3 Å². The molecule has 1 heterocycles. The number of halogens is 2. The number of anilines is 1. The fourth-order valence-electron chi connectivity index (χ4n) is 2.20. The van der Waals surface area contributed by atoms with Crippen LogP contribution in [0, 0.1) is 0 Å². The number of piperidine rings is 1. The molecule has 1 aromatic rings. The Labute approximate surface area is 125 Å². The van der Waals surface area contributed by atoms with Crippen LogP contribution in [0.25, 0.3) is 0 Å². The van der Waals surface area contributed by atoms with Gasteiger partial charge < -0.3 is 22.6 Å². The third-order valence-electron chi connectivity index (χ3n) is 3.23. The number of carbonyl (C=O) groups is 1. The molecule has 19 heavy (non-hydrogen) atoms. The molecule has 0 saturated carbocycles. The number of nitrogens with zero attached hydrogens (tertiary/aromatic N) is 1. The quantitative estimate of drug-likeness (QED) is 0.859. The summed E-state index contributed by atoms with van der Waals surface area (Å²) < 4.78 is 0. The topological polar surface area (TPSA) is 32.3 Å². The molecule has 0 aliphatic carbocycles. The number of hydrogen-bond acceptors (Lipinski definition) is 2. The SMILES string of the molecule is O=C(CCN1CCCCC1)Nc1ccc(Cl)cc1.[Cl-]. The van der Waals surface area contributed by atoms with Crippen molar-refractivity contribution in [1.29, 1.82) is 0 Å². The maximum absolute atomic E-state index is 11.8. The lowest BCUT2D eigenvalue weighted by atomic mass is 10.1. The summed E-state index contributed by atoms with van der Waals surface area (Å²) in [5.74, 6) is 0.0721. The van der Waals surface area contributed by atoms with E-state index in [1.807, 2.05) is 12.1 Å². The molecule has 1 saturated heterocycles. The first kappa shape index (κ1) is 16.3. The van der Waals surface area contributed by atoms with Gasteiger partial charge >= 0.3 is 0 Å². The van der Waals surface area contributed by atoms with Crippen LogP contribution < -0.4 is 17.7 Å². The fraction of sp³-hybridized carbons (Fsp3) is 0.500. The molecule has 0 atom stereocenters. The van der Waals surface area contributed by atoms with Gasteiger partial charge in [-0.1, -0.05) is 18.0 Å². The summed E-state index contributed by atoms with van der Waals surface area (Å²) in [5.41, 5.74) is 0.808. The van der Waals surface area contributed by atoms with Gasteiger partial charge in [0.25, 0.3) is 0 Å².